The van der Waals surface area contributed by atoms with E-state index in [1.54, 1.807) is 11.8 Å². The number of nitrogens with zero attached hydrogens (tertiary/aromatic N) is 1. The highest BCUT2D eigenvalue weighted by atomic mass is 32.1. The van der Waals surface area contributed by atoms with E-state index >= 15 is 0 Å². The molecular formula is C9H18N2O2S. The van der Waals surface area contributed by atoms with E-state index in [4.69, 9.17) is 0 Å². The Bertz CT molecular complexity index is 203. The predicted octanol–water partition coefficient (Wildman–Crippen LogP) is 0.289. The Morgan fingerprint density at radius 3 is 2.21 bits per heavy atom. The third-order valence-corrected chi connectivity index (χ3v) is 2.14. The van der Waals surface area contributed by atoms with Crippen molar-refractivity contribution < 1.29 is 9.59 Å². The molecule has 0 heterocycles. The molecule has 2 amide bonds. The van der Waals surface area contributed by atoms with Gasteiger partial charge in [-0.1, -0.05) is 0 Å². The van der Waals surface area contributed by atoms with Crippen LogP contribution in [-0.4, -0.2) is 41.6 Å². The molecule has 1 unspecified atom stereocenters. The fourth-order valence-corrected chi connectivity index (χ4v) is 1.09. The Morgan fingerprint density at radius 1 is 1.36 bits per heavy atom. The van der Waals surface area contributed by atoms with Crippen molar-refractivity contribution in [1.82, 2.24) is 10.2 Å². The first-order valence-corrected chi connectivity index (χ1v) is 5.28. The number of nitrogens with one attached hydrogen (secondary N) is 1. The summed E-state index contributed by atoms with van der Waals surface area (Å²) in [6.45, 7) is 6.88. The second-order valence-corrected chi connectivity index (χ2v) is 3.73. The summed E-state index contributed by atoms with van der Waals surface area (Å²) < 4.78 is 0. The van der Waals surface area contributed by atoms with Gasteiger partial charge < -0.3 is 10.2 Å². The van der Waals surface area contributed by atoms with Crippen LogP contribution < -0.4 is 5.32 Å². The van der Waals surface area contributed by atoms with Crippen LogP contribution in [-0.2, 0) is 9.59 Å². The molecule has 0 saturated carbocycles. The van der Waals surface area contributed by atoms with Crippen molar-refractivity contribution in [1.29, 1.82) is 0 Å². The van der Waals surface area contributed by atoms with Gasteiger partial charge in [0, 0.05) is 13.1 Å². The van der Waals surface area contributed by atoms with Crippen molar-refractivity contribution in [2.75, 3.05) is 19.6 Å². The smallest absolute Gasteiger partial charge is 0.241 e. The zero-order chi connectivity index (χ0) is 11.1. The van der Waals surface area contributed by atoms with Crippen LogP contribution in [0.2, 0.25) is 0 Å². The van der Waals surface area contributed by atoms with Crippen LogP contribution in [0.15, 0.2) is 0 Å². The normalized spacial score (nSPS) is 12.0. The minimum atomic E-state index is -0.375. The maximum Gasteiger partial charge on any atom is 0.241 e. The Labute approximate surface area is 90.4 Å². The van der Waals surface area contributed by atoms with Crippen molar-refractivity contribution >= 4 is 24.4 Å². The van der Waals surface area contributed by atoms with Crippen molar-refractivity contribution in [3.05, 3.63) is 0 Å². The van der Waals surface area contributed by atoms with Gasteiger partial charge in [0.1, 0.15) is 0 Å². The SMILES string of the molecule is CCN(CC)C(=O)CNC(=O)C(C)S. The number of rotatable bonds is 5. The topological polar surface area (TPSA) is 49.4 Å². The van der Waals surface area contributed by atoms with Gasteiger partial charge in [-0.25, -0.2) is 0 Å². The number of hydrogen-bond donors (Lipinski definition) is 2. The summed E-state index contributed by atoms with van der Waals surface area (Å²) in [5, 5.41) is 2.15. The number of likely N-dealkylation sites (N-methyl/N-ethyl adjacent to an activating group) is 1. The highest BCUT2D eigenvalue weighted by molar-refractivity contribution is 7.81. The summed E-state index contributed by atoms with van der Waals surface area (Å²) >= 11 is 3.96. The molecule has 0 aliphatic heterocycles. The van der Waals surface area contributed by atoms with Crippen LogP contribution in [0.4, 0.5) is 0 Å². The van der Waals surface area contributed by atoms with Gasteiger partial charge in [0.15, 0.2) is 0 Å². The summed E-state index contributed by atoms with van der Waals surface area (Å²) in [4.78, 5) is 24.2. The Balaban J connectivity index is 3.89. The second-order valence-electron chi connectivity index (χ2n) is 2.96. The first kappa shape index (κ1) is 13.3. The molecule has 0 rings (SSSR count). The maximum absolute atomic E-state index is 11.4. The zero-order valence-corrected chi connectivity index (χ0v) is 9.80. The molecule has 0 aromatic rings. The van der Waals surface area contributed by atoms with Crippen LogP contribution in [0.1, 0.15) is 20.8 Å². The molecule has 0 aromatic carbocycles. The van der Waals surface area contributed by atoms with Gasteiger partial charge in [0.05, 0.1) is 11.8 Å². The molecular weight excluding hydrogens is 200 g/mol. The van der Waals surface area contributed by atoms with Crippen molar-refractivity contribution in [3.63, 3.8) is 0 Å². The first-order chi connectivity index (χ1) is 6.52. The Hall–Kier alpha value is -0.710. The summed E-state index contributed by atoms with van der Waals surface area (Å²) in [5.74, 6) is -0.272. The summed E-state index contributed by atoms with van der Waals surface area (Å²) in [6.07, 6.45) is 0. The zero-order valence-electron chi connectivity index (χ0n) is 8.91. The fourth-order valence-electron chi connectivity index (χ4n) is 0.999. The van der Waals surface area contributed by atoms with E-state index in [0.29, 0.717) is 13.1 Å². The largest absolute Gasteiger partial charge is 0.346 e. The van der Waals surface area contributed by atoms with Crippen LogP contribution >= 0.6 is 12.6 Å². The molecule has 0 bridgehead atoms. The predicted molar refractivity (Wildman–Crippen MR) is 59.4 cm³/mol. The lowest BCUT2D eigenvalue weighted by Gasteiger charge is -2.18. The van der Waals surface area contributed by atoms with Gasteiger partial charge in [-0.3, -0.25) is 9.59 Å². The van der Waals surface area contributed by atoms with Crippen molar-refractivity contribution in [2.45, 2.75) is 26.0 Å². The summed E-state index contributed by atoms with van der Waals surface area (Å²) in [6, 6.07) is 0. The molecule has 1 N–H and O–H groups in total. The van der Waals surface area contributed by atoms with Crippen molar-refractivity contribution in [3.8, 4) is 0 Å². The molecule has 0 spiro atoms. The molecule has 5 heteroatoms. The van der Waals surface area contributed by atoms with Gasteiger partial charge in [-0.15, -0.1) is 0 Å². The van der Waals surface area contributed by atoms with Crippen molar-refractivity contribution in [2.24, 2.45) is 0 Å². The summed E-state index contributed by atoms with van der Waals surface area (Å²) in [5.41, 5.74) is 0. The molecule has 0 saturated heterocycles. The van der Waals surface area contributed by atoms with Crippen LogP contribution in [0, 0.1) is 0 Å². The Kier molecular flexibility index (Phi) is 6.36. The molecule has 1 atom stereocenters. The first-order valence-electron chi connectivity index (χ1n) is 4.76. The lowest BCUT2D eigenvalue weighted by molar-refractivity contribution is -0.132. The van der Waals surface area contributed by atoms with Gasteiger partial charge in [-0.05, 0) is 20.8 Å². The molecule has 4 nitrogen and oxygen atoms in total. The fraction of sp³-hybridized carbons (Fsp3) is 0.778. The number of amides is 2. The minimum Gasteiger partial charge on any atom is -0.346 e. The number of thiol groups is 1. The lowest BCUT2D eigenvalue weighted by Crippen LogP contribution is -2.41. The highest BCUT2D eigenvalue weighted by Crippen LogP contribution is 1.92. The molecule has 0 aliphatic carbocycles. The average Bonchev–Trinajstić information content (AvgIpc) is 2.15. The lowest BCUT2D eigenvalue weighted by atomic mass is 10.4. The van der Waals surface area contributed by atoms with E-state index < -0.39 is 0 Å². The number of carbonyl (C=O) groups excluding carboxylic acids is 2. The molecule has 82 valence electrons. The third-order valence-electron chi connectivity index (χ3n) is 1.91. The van der Waals surface area contributed by atoms with E-state index in [9.17, 15) is 9.59 Å². The molecule has 0 aromatic heterocycles. The van der Waals surface area contributed by atoms with Gasteiger partial charge in [-0.2, -0.15) is 12.6 Å². The van der Waals surface area contributed by atoms with E-state index in [0.717, 1.165) is 0 Å². The quantitative estimate of drug-likeness (QED) is 0.652. The molecule has 0 radical (unpaired) electrons. The third kappa shape index (κ3) is 4.50. The van der Waals surface area contributed by atoms with E-state index in [1.165, 1.54) is 0 Å². The van der Waals surface area contributed by atoms with Gasteiger partial charge >= 0.3 is 0 Å². The monoisotopic (exact) mass is 218 g/mol. The Morgan fingerprint density at radius 2 is 1.86 bits per heavy atom. The van der Waals surface area contributed by atoms with E-state index in [2.05, 4.69) is 17.9 Å². The maximum atomic E-state index is 11.4. The van der Waals surface area contributed by atoms with Crippen LogP contribution in [0.25, 0.3) is 0 Å². The van der Waals surface area contributed by atoms with Crippen LogP contribution in [0.5, 0.6) is 0 Å². The standard InChI is InChI=1S/C9H18N2O2S/c1-4-11(5-2)8(12)6-10-9(13)7(3)14/h7,14H,4-6H2,1-3H3,(H,10,13). The average molecular weight is 218 g/mol. The molecule has 14 heavy (non-hydrogen) atoms. The molecule has 0 fully saturated rings. The van der Waals surface area contributed by atoms with Gasteiger partial charge in [0.2, 0.25) is 11.8 Å². The van der Waals surface area contributed by atoms with E-state index in [-0.39, 0.29) is 23.6 Å². The second kappa shape index (κ2) is 6.70. The minimum absolute atomic E-state index is 0.0580. The molecule has 0 aliphatic rings. The highest BCUT2D eigenvalue weighted by Gasteiger charge is 2.12. The van der Waals surface area contributed by atoms with Crippen LogP contribution in [0.3, 0.4) is 0 Å². The number of carbonyl (C=O) groups is 2. The van der Waals surface area contributed by atoms with E-state index in [1.807, 2.05) is 13.8 Å². The number of hydrogen-bond acceptors (Lipinski definition) is 3. The van der Waals surface area contributed by atoms with Gasteiger partial charge in [0.25, 0.3) is 0 Å². The summed E-state index contributed by atoms with van der Waals surface area (Å²) in [7, 11) is 0.